The Balaban J connectivity index is 1.79. The van der Waals surface area contributed by atoms with Crippen molar-refractivity contribution in [3.8, 4) is 5.75 Å². The lowest BCUT2D eigenvalue weighted by molar-refractivity contribution is 0.0951. The number of carbonyl (C=O) groups is 1. The average molecular weight is 303 g/mol. The number of carbonyl (C=O) groups excluding carboxylic acids is 1. The van der Waals surface area contributed by atoms with Crippen LogP contribution in [0.1, 0.15) is 42.1 Å². The Bertz CT molecular complexity index is 534. The Labute approximate surface area is 130 Å². The van der Waals surface area contributed by atoms with Gasteiger partial charge in [0.05, 0.1) is 6.61 Å². The SMILES string of the molecule is CCCCCOc1ccc(C(=O)NCc2ccsc2)cc1. The molecule has 21 heavy (non-hydrogen) atoms. The van der Waals surface area contributed by atoms with E-state index >= 15 is 0 Å². The molecule has 2 aromatic rings. The monoisotopic (exact) mass is 303 g/mol. The molecule has 0 atom stereocenters. The summed E-state index contributed by atoms with van der Waals surface area (Å²) in [4.78, 5) is 12.0. The van der Waals surface area contributed by atoms with Gasteiger partial charge in [0, 0.05) is 12.1 Å². The van der Waals surface area contributed by atoms with Crippen LogP contribution in [0, 0.1) is 0 Å². The molecule has 0 spiro atoms. The van der Waals surface area contributed by atoms with Crippen LogP contribution in [0.3, 0.4) is 0 Å². The molecule has 0 fully saturated rings. The summed E-state index contributed by atoms with van der Waals surface area (Å²) in [6, 6.07) is 9.32. The first-order valence-electron chi connectivity index (χ1n) is 7.31. The zero-order valence-electron chi connectivity index (χ0n) is 12.3. The van der Waals surface area contributed by atoms with Gasteiger partial charge in [-0.05, 0) is 53.1 Å². The molecule has 1 aromatic carbocycles. The van der Waals surface area contributed by atoms with E-state index in [9.17, 15) is 4.79 Å². The predicted octanol–water partition coefficient (Wildman–Crippen LogP) is 4.25. The van der Waals surface area contributed by atoms with Crippen molar-refractivity contribution in [2.45, 2.75) is 32.7 Å². The minimum atomic E-state index is -0.0567. The smallest absolute Gasteiger partial charge is 0.251 e. The molecule has 0 saturated heterocycles. The van der Waals surface area contributed by atoms with Crippen LogP contribution in [0.15, 0.2) is 41.1 Å². The Morgan fingerprint density at radius 1 is 1.19 bits per heavy atom. The van der Waals surface area contributed by atoms with Crippen LogP contribution in [0.4, 0.5) is 0 Å². The first-order chi connectivity index (χ1) is 10.3. The normalized spacial score (nSPS) is 10.3. The molecule has 0 aliphatic rings. The minimum absolute atomic E-state index is 0.0567. The van der Waals surface area contributed by atoms with Crippen molar-refractivity contribution in [2.75, 3.05) is 6.61 Å². The predicted molar refractivity (Wildman–Crippen MR) is 87.0 cm³/mol. The first kappa shape index (κ1) is 15.6. The van der Waals surface area contributed by atoms with Crippen molar-refractivity contribution in [1.29, 1.82) is 0 Å². The van der Waals surface area contributed by atoms with Crippen LogP contribution in [0.25, 0.3) is 0 Å². The van der Waals surface area contributed by atoms with E-state index in [1.54, 1.807) is 23.5 Å². The molecular formula is C17H21NO2S. The number of amides is 1. The minimum Gasteiger partial charge on any atom is -0.494 e. The fourth-order valence-corrected chi connectivity index (χ4v) is 2.59. The Morgan fingerprint density at radius 2 is 2.00 bits per heavy atom. The highest BCUT2D eigenvalue weighted by atomic mass is 32.1. The van der Waals surface area contributed by atoms with Crippen LogP contribution >= 0.6 is 11.3 Å². The summed E-state index contributed by atoms with van der Waals surface area (Å²) in [5.74, 6) is 0.763. The van der Waals surface area contributed by atoms with E-state index in [0.29, 0.717) is 12.1 Å². The molecule has 1 aromatic heterocycles. The highest BCUT2D eigenvalue weighted by Gasteiger charge is 2.05. The maximum Gasteiger partial charge on any atom is 0.251 e. The summed E-state index contributed by atoms with van der Waals surface area (Å²) in [6.07, 6.45) is 3.44. The highest BCUT2D eigenvalue weighted by molar-refractivity contribution is 7.07. The Kier molecular flexibility index (Phi) is 6.28. The van der Waals surface area contributed by atoms with Gasteiger partial charge in [-0.3, -0.25) is 4.79 Å². The molecule has 0 aliphatic heterocycles. The maximum atomic E-state index is 12.0. The zero-order valence-corrected chi connectivity index (χ0v) is 13.1. The third-order valence-electron chi connectivity index (χ3n) is 3.17. The third kappa shape index (κ3) is 5.23. The van der Waals surface area contributed by atoms with E-state index < -0.39 is 0 Å². The molecule has 4 heteroatoms. The lowest BCUT2D eigenvalue weighted by Gasteiger charge is -2.07. The molecule has 2 rings (SSSR count). The van der Waals surface area contributed by atoms with Crippen LogP contribution in [-0.2, 0) is 6.54 Å². The maximum absolute atomic E-state index is 12.0. The second kappa shape index (κ2) is 8.47. The molecule has 0 bridgehead atoms. The van der Waals surface area contributed by atoms with E-state index in [4.69, 9.17) is 4.74 Å². The molecule has 1 heterocycles. The molecule has 3 nitrogen and oxygen atoms in total. The summed E-state index contributed by atoms with van der Waals surface area (Å²) >= 11 is 1.63. The highest BCUT2D eigenvalue weighted by Crippen LogP contribution is 2.13. The molecule has 1 N–H and O–H groups in total. The van der Waals surface area contributed by atoms with Crippen LogP contribution < -0.4 is 10.1 Å². The molecule has 1 amide bonds. The first-order valence-corrected chi connectivity index (χ1v) is 8.26. The molecule has 0 aliphatic carbocycles. The zero-order chi connectivity index (χ0) is 14.9. The van der Waals surface area contributed by atoms with Gasteiger partial charge in [-0.15, -0.1) is 0 Å². The topological polar surface area (TPSA) is 38.3 Å². The van der Waals surface area contributed by atoms with Gasteiger partial charge in [-0.1, -0.05) is 19.8 Å². The van der Waals surface area contributed by atoms with Gasteiger partial charge in [-0.2, -0.15) is 11.3 Å². The lowest BCUT2D eigenvalue weighted by Crippen LogP contribution is -2.22. The third-order valence-corrected chi connectivity index (χ3v) is 3.90. The quantitative estimate of drug-likeness (QED) is 0.740. The lowest BCUT2D eigenvalue weighted by atomic mass is 10.2. The van der Waals surface area contributed by atoms with Gasteiger partial charge in [0.15, 0.2) is 0 Å². The fraction of sp³-hybridized carbons (Fsp3) is 0.353. The molecule has 112 valence electrons. The van der Waals surface area contributed by atoms with E-state index in [2.05, 4.69) is 12.2 Å². The number of hydrogen-bond acceptors (Lipinski definition) is 3. The van der Waals surface area contributed by atoms with Gasteiger partial charge in [0.25, 0.3) is 5.91 Å². The van der Waals surface area contributed by atoms with Crippen molar-refractivity contribution < 1.29 is 9.53 Å². The van der Waals surface area contributed by atoms with Gasteiger partial charge in [0.1, 0.15) is 5.75 Å². The largest absolute Gasteiger partial charge is 0.494 e. The van der Waals surface area contributed by atoms with E-state index in [1.165, 1.54) is 12.8 Å². The van der Waals surface area contributed by atoms with Crippen LogP contribution in [-0.4, -0.2) is 12.5 Å². The molecule has 0 saturated carbocycles. The van der Waals surface area contributed by atoms with Crippen molar-refractivity contribution in [3.05, 3.63) is 52.2 Å². The fourth-order valence-electron chi connectivity index (χ4n) is 1.92. The van der Waals surface area contributed by atoms with E-state index in [1.807, 2.05) is 29.0 Å². The second-order valence-electron chi connectivity index (χ2n) is 4.89. The number of hydrogen-bond donors (Lipinski definition) is 1. The number of rotatable bonds is 8. The van der Waals surface area contributed by atoms with Gasteiger partial charge in [0.2, 0.25) is 0 Å². The number of benzene rings is 1. The standard InChI is InChI=1S/C17H21NO2S/c1-2-3-4-10-20-16-7-5-15(6-8-16)17(19)18-12-14-9-11-21-13-14/h5-9,11,13H,2-4,10,12H2,1H3,(H,18,19). The average Bonchev–Trinajstić information content (AvgIpc) is 3.03. The Hall–Kier alpha value is -1.81. The van der Waals surface area contributed by atoms with Gasteiger partial charge < -0.3 is 10.1 Å². The van der Waals surface area contributed by atoms with Crippen LogP contribution in [0.5, 0.6) is 5.75 Å². The molecular weight excluding hydrogens is 282 g/mol. The number of thiophene rings is 1. The summed E-state index contributed by atoms with van der Waals surface area (Å²) in [7, 11) is 0. The van der Waals surface area contributed by atoms with Gasteiger partial charge >= 0.3 is 0 Å². The van der Waals surface area contributed by atoms with Crippen molar-refractivity contribution in [2.24, 2.45) is 0 Å². The van der Waals surface area contributed by atoms with Crippen molar-refractivity contribution in [1.82, 2.24) is 5.32 Å². The van der Waals surface area contributed by atoms with Crippen molar-refractivity contribution >= 4 is 17.2 Å². The van der Waals surface area contributed by atoms with Crippen molar-refractivity contribution in [3.63, 3.8) is 0 Å². The second-order valence-corrected chi connectivity index (χ2v) is 5.67. The Morgan fingerprint density at radius 3 is 2.67 bits per heavy atom. The van der Waals surface area contributed by atoms with Gasteiger partial charge in [-0.25, -0.2) is 0 Å². The van der Waals surface area contributed by atoms with E-state index in [-0.39, 0.29) is 5.91 Å². The van der Waals surface area contributed by atoms with E-state index in [0.717, 1.165) is 24.3 Å². The summed E-state index contributed by atoms with van der Waals surface area (Å²) < 4.78 is 5.63. The molecule has 0 radical (unpaired) electrons. The summed E-state index contributed by atoms with van der Waals surface area (Å²) in [6.45, 7) is 3.47. The number of ether oxygens (including phenoxy) is 1. The number of nitrogens with one attached hydrogen (secondary N) is 1. The van der Waals surface area contributed by atoms with Crippen LogP contribution in [0.2, 0.25) is 0 Å². The number of unbranched alkanes of at least 4 members (excludes halogenated alkanes) is 2. The summed E-state index contributed by atoms with van der Waals surface area (Å²) in [5, 5.41) is 6.95. The molecule has 0 unspecified atom stereocenters. The summed E-state index contributed by atoms with van der Waals surface area (Å²) in [5.41, 5.74) is 1.79.